The van der Waals surface area contributed by atoms with E-state index in [9.17, 15) is 9.59 Å². The van der Waals surface area contributed by atoms with Gasteiger partial charge in [0, 0.05) is 17.6 Å². The van der Waals surface area contributed by atoms with E-state index in [1.165, 1.54) is 11.3 Å². The maximum Gasteiger partial charge on any atom is 0.357 e. The third kappa shape index (κ3) is 6.05. The monoisotopic (exact) mass is 431 g/mol. The summed E-state index contributed by atoms with van der Waals surface area (Å²) in [6, 6.07) is 6.04. The molecule has 164 valence electrons. The highest BCUT2D eigenvalue weighted by Gasteiger charge is 2.21. The molecule has 7 heteroatoms. The highest BCUT2D eigenvalue weighted by Crippen LogP contribution is 2.32. The summed E-state index contributed by atoms with van der Waals surface area (Å²) in [5.74, 6) is 0.161. The number of para-hydroxylation sites is 1. The Morgan fingerprint density at radius 2 is 1.77 bits per heavy atom. The molecule has 0 radical (unpaired) electrons. The topological polar surface area (TPSA) is 71.5 Å². The van der Waals surface area contributed by atoms with E-state index in [1.807, 2.05) is 6.92 Å². The number of hydrogen-bond donors (Lipinski definition) is 1. The second-order valence-electron chi connectivity index (χ2n) is 7.82. The molecule has 0 aliphatic carbocycles. The predicted octanol–water partition coefficient (Wildman–Crippen LogP) is 6.01. The Morgan fingerprint density at radius 3 is 2.30 bits per heavy atom. The first kappa shape index (κ1) is 23.9. The van der Waals surface area contributed by atoms with E-state index in [2.05, 4.69) is 56.2 Å². The Kier molecular flexibility index (Phi) is 8.84. The van der Waals surface area contributed by atoms with Crippen molar-refractivity contribution in [2.75, 3.05) is 18.5 Å². The van der Waals surface area contributed by atoms with Crippen LogP contribution in [0.15, 0.2) is 23.6 Å². The quantitative estimate of drug-likeness (QED) is 0.494. The number of carbonyl (C=O) groups excluding carboxylic acids is 2. The Hall–Kier alpha value is -2.41. The number of nitrogens with zero attached hydrogens (tertiary/aromatic N) is 2. The number of carbonyl (C=O) groups is 2. The first-order chi connectivity index (χ1) is 14.3. The number of nitrogens with one attached hydrogen (secondary N) is 1. The fraction of sp³-hybridized carbons (Fsp3) is 0.522. The van der Waals surface area contributed by atoms with Crippen molar-refractivity contribution < 1.29 is 14.3 Å². The molecule has 6 nitrogen and oxygen atoms in total. The van der Waals surface area contributed by atoms with Gasteiger partial charge >= 0.3 is 12.0 Å². The van der Waals surface area contributed by atoms with Gasteiger partial charge in [0.1, 0.15) is 5.01 Å². The van der Waals surface area contributed by atoms with Crippen molar-refractivity contribution in [1.29, 1.82) is 0 Å². The number of ether oxygens (including phenoxy) is 1. The van der Waals surface area contributed by atoms with Gasteiger partial charge in [-0.15, -0.1) is 11.3 Å². The molecule has 0 saturated carbocycles. The van der Waals surface area contributed by atoms with Gasteiger partial charge in [-0.05, 0) is 36.3 Å². The number of amides is 2. The van der Waals surface area contributed by atoms with Gasteiger partial charge in [0.2, 0.25) is 0 Å². The zero-order valence-electron chi connectivity index (χ0n) is 18.8. The van der Waals surface area contributed by atoms with Gasteiger partial charge < -0.3 is 15.0 Å². The number of esters is 1. The summed E-state index contributed by atoms with van der Waals surface area (Å²) in [4.78, 5) is 31.2. The van der Waals surface area contributed by atoms with E-state index in [4.69, 9.17) is 4.74 Å². The van der Waals surface area contributed by atoms with Gasteiger partial charge in [-0.25, -0.2) is 14.6 Å². The molecule has 1 N–H and O–H groups in total. The van der Waals surface area contributed by atoms with Crippen LogP contribution in [0.25, 0.3) is 0 Å². The van der Waals surface area contributed by atoms with Gasteiger partial charge in [0.05, 0.1) is 13.2 Å². The smallest absolute Gasteiger partial charge is 0.357 e. The third-order valence-electron chi connectivity index (χ3n) is 4.75. The zero-order chi connectivity index (χ0) is 22.3. The molecule has 2 rings (SSSR count). The fourth-order valence-corrected chi connectivity index (χ4v) is 4.03. The molecule has 0 spiro atoms. The molecule has 1 heterocycles. The average molecular weight is 432 g/mol. The molecule has 0 aliphatic rings. The van der Waals surface area contributed by atoms with Crippen LogP contribution in [-0.2, 0) is 11.3 Å². The maximum atomic E-state index is 13.2. The van der Waals surface area contributed by atoms with Crippen LogP contribution in [0.2, 0.25) is 0 Å². The molecule has 0 atom stereocenters. The van der Waals surface area contributed by atoms with Crippen LogP contribution in [0.4, 0.5) is 10.5 Å². The Morgan fingerprint density at radius 1 is 1.13 bits per heavy atom. The van der Waals surface area contributed by atoms with Crippen LogP contribution < -0.4 is 5.32 Å². The summed E-state index contributed by atoms with van der Waals surface area (Å²) in [6.07, 6.45) is 0.826. The average Bonchev–Trinajstić information content (AvgIpc) is 3.16. The summed E-state index contributed by atoms with van der Waals surface area (Å²) < 4.78 is 5.00. The SMILES string of the molecule is CCCN(Cc1nc(C(=O)OCC)cs1)C(=O)Nc1c(C(C)C)cccc1C(C)C. The van der Waals surface area contributed by atoms with Gasteiger partial charge in [-0.2, -0.15) is 0 Å². The van der Waals surface area contributed by atoms with Crippen LogP contribution in [0.5, 0.6) is 0 Å². The second-order valence-corrected chi connectivity index (χ2v) is 8.76. The van der Waals surface area contributed by atoms with Crippen molar-refractivity contribution in [3.63, 3.8) is 0 Å². The zero-order valence-corrected chi connectivity index (χ0v) is 19.6. The lowest BCUT2D eigenvalue weighted by Gasteiger charge is -2.25. The van der Waals surface area contributed by atoms with Crippen LogP contribution in [-0.4, -0.2) is 35.0 Å². The standard InChI is InChI=1S/C23H33N3O3S/c1-7-12-26(13-20-24-19(14-30-20)22(27)29-8-2)23(28)25-21-17(15(3)4)10-9-11-18(21)16(5)6/h9-11,14-16H,7-8,12-13H2,1-6H3,(H,25,28). The Bertz CT molecular complexity index is 835. The molecule has 2 aromatic rings. The minimum atomic E-state index is -0.432. The predicted molar refractivity (Wildman–Crippen MR) is 122 cm³/mol. The molecular formula is C23H33N3O3S. The first-order valence-electron chi connectivity index (χ1n) is 10.6. The van der Waals surface area contributed by atoms with Crippen LogP contribution in [0.1, 0.15) is 86.4 Å². The van der Waals surface area contributed by atoms with Gasteiger partial charge in [-0.3, -0.25) is 0 Å². The molecule has 0 fully saturated rings. The molecular weight excluding hydrogens is 398 g/mol. The summed E-state index contributed by atoms with van der Waals surface area (Å²) in [6.45, 7) is 13.6. The number of hydrogen-bond acceptors (Lipinski definition) is 5. The summed E-state index contributed by atoms with van der Waals surface area (Å²) in [5, 5.41) is 5.56. The van der Waals surface area contributed by atoms with E-state index in [0.717, 1.165) is 23.2 Å². The second kappa shape index (κ2) is 11.1. The van der Waals surface area contributed by atoms with Crippen molar-refractivity contribution >= 4 is 29.0 Å². The van der Waals surface area contributed by atoms with Crippen molar-refractivity contribution in [2.24, 2.45) is 0 Å². The molecule has 0 saturated heterocycles. The minimum Gasteiger partial charge on any atom is -0.461 e. The lowest BCUT2D eigenvalue weighted by molar-refractivity contribution is 0.0520. The Balaban J connectivity index is 2.24. The van der Waals surface area contributed by atoms with E-state index in [-0.39, 0.29) is 6.03 Å². The highest BCUT2D eigenvalue weighted by atomic mass is 32.1. The van der Waals surface area contributed by atoms with Crippen molar-refractivity contribution in [3.05, 3.63) is 45.4 Å². The number of aromatic nitrogens is 1. The molecule has 1 aromatic heterocycles. The lowest BCUT2D eigenvalue weighted by Crippen LogP contribution is -2.35. The van der Waals surface area contributed by atoms with Gasteiger partial charge in [0.15, 0.2) is 5.69 Å². The van der Waals surface area contributed by atoms with Crippen LogP contribution >= 0.6 is 11.3 Å². The Labute approximate surface area is 183 Å². The first-order valence-corrected chi connectivity index (χ1v) is 11.5. The fourth-order valence-electron chi connectivity index (χ4n) is 3.25. The number of thiazole rings is 1. The van der Waals surface area contributed by atoms with Gasteiger partial charge in [0.25, 0.3) is 0 Å². The van der Waals surface area contributed by atoms with E-state index >= 15 is 0 Å². The summed E-state index contributed by atoms with van der Waals surface area (Å²) in [7, 11) is 0. The van der Waals surface area contributed by atoms with Gasteiger partial charge in [-0.1, -0.05) is 52.8 Å². The number of benzene rings is 1. The summed E-state index contributed by atoms with van der Waals surface area (Å²) >= 11 is 1.36. The van der Waals surface area contributed by atoms with Crippen molar-refractivity contribution in [3.8, 4) is 0 Å². The van der Waals surface area contributed by atoms with E-state index in [0.29, 0.717) is 42.2 Å². The summed E-state index contributed by atoms with van der Waals surface area (Å²) in [5.41, 5.74) is 3.45. The molecule has 30 heavy (non-hydrogen) atoms. The minimum absolute atomic E-state index is 0.153. The third-order valence-corrected chi connectivity index (χ3v) is 5.58. The van der Waals surface area contributed by atoms with Crippen molar-refractivity contribution in [1.82, 2.24) is 9.88 Å². The van der Waals surface area contributed by atoms with Crippen molar-refractivity contribution in [2.45, 2.75) is 66.3 Å². The number of urea groups is 1. The number of anilines is 1. The van der Waals surface area contributed by atoms with E-state index < -0.39 is 5.97 Å². The number of rotatable bonds is 9. The molecule has 2 amide bonds. The van der Waals surface area contributed by atoms with E-state index in [1.54, 1.807) is 17.2 Å². The molecule has 0 aliphatic heterocycles. The maximum absolute atomic E-state index is 13.2. The molecule has 1 aromatic carbocycles. The lowest BCUT2D eigenvalue weighted by atomic mass is 9.93. The molecule has 0 unspecified atom stereocenters. The highest BCUT2D eigenvalue weighted by molar-refractivity contribution is 7.09. The van der Waals surface area contributed by atoms with Crippen LogP contribution in [0.3, 0.4) is 0 Å². The molecule has 0 bridgehead atoms. The largest absolute Gasteiger partial charge is 0.461 e. The van der Waals surface area contributed by atoms with Crippen LogP contribution in [0, 0.1) is 0 Å². The normalized spacial score (nSPS) is 11.1.